The van der Waals surface area contributed by atoms with Crippen LogP contribution in [0.1, 0.15) is 6.42 Å². The molecule has 0 aromatic heterocycles. The largest absolute Gasteiger partial charge is 0.480 e. The number of hydrogen-bond acceptors (Lipinski definition) is 5. The van der Waals surface area contributed by atoms with E-state index in [0.717, 1.165) is 4.90 Å². The molecule has 1 heterocycles. The molecular formula is C9H13N3O6. The highest BCUT2D eigenvalue weighted by Crippen LogP contribution is 1.98. The van der Waals surface area contributed by atoms with E-state index in [0.29, 0.717) is 0 Å². The topological polar surface area (TPSA) is 136 Å². The molecule has 18 heavy (non-hydrogen) atoms. The number of hydrogen-bond donors (Lipinski definition) is 4. The second-order valence-electron chi connectivity index (χ2n) is 3.68. The summed E-state index contributed by atoms with van der Waals surface area (Å²) in [6, 6.07) is -2.10. The lowest BCUT2D eigenvalue weighted by molar-refractivity contribution is -0.139. The van der Waals surface area contributed by atoms with Crippen LogP contribution in [0.25, 0.3) is 0 Å². The van der Waals surface area contributed by atoms with Gasteiger partial charge in [0.25, 0.3) is 0 Å². The van der Waals surface area contributed by atoms with Gasteiger partial charge in [0.2, 0.25) is 11.8 Å². The van der Waals surface area contributed by atoms with Gasteiger partial charge in [-0.2, -0.15) is 0 Å². The first kappa shape index (κ1) is 13.9. The average Bonchev–Trinajstić information content (AvgIpc) is 2.26. The maximum absolute atomic E-state index is 11.6. The number of piperazine rings is 1. The Morgan fingerprint density at radius 3 is 2.33 bits per heavy atom. The lowest BCUT2D eigenvalue weighted by Gasteiger charge is -2.27. The Morgan fingerprint density at radius 2 is 1.89 bits per heavy atom. The molecule has 0 bridgehead atoms. The minimum Gasteiger partial charge on any atom is -0.480 e. The summed E-state index contributed by atoms with van der Waals surface area (Å²) in [5.41, 5.74) is 0. The van der Waals surface area contributed by atoms with Gasteiger partial charge in [-0.1, -0.05) is 0 Å². The first-order valence-corrected chi connectivity index (χ1v) is 5.16. The standard InChI is InChI=1S/C9H13N3O6/c13-2-1-5(8(16)17)10-9(18)12-3-6(14)11-7(15)4-12/h5,13H,1-4H2,(H,10,18)(H,16,17)(H,11,14,15)/t5-/m1/s1. The third kappa shape index (κ3) is 3.70. The second kappa shape index (κ2) is 5.96. The molecule has 1 aliphatic heterocycles. The van der Waals surface area contributed by atoms with Gasteiger partial charge in [0.15, 0.2) is 0 Å². The highest BCUT2D eigenvalue weighted by atomic mass is 16.4. The van der Waals surface area contributed by atoms with Crippen molar-refractivity contribution in [1.29, 1.82) is 0 Å². The predicted octanol–water partition coefficient (Wildman–Crippen LogP) is -2.51. The highest BCUT2D eigenvalue weighted by Gasteiger charge is 2.29. The first-order chi connectivity index (χ1) is 8.43. The average molecular weight is 259 g/mol. The van der Waals surface area contributed by atoms with Crippen LogP contribution in [-0.2, 0) is 14.4 Å². The van der Waals surface area contributed by atoms with Crippen LogP contribution in [0.5, 0.6) is 0 Å². The highest BCUT2D eigenvalue weighted by molar-refractivity contribution is 6.02. The lowest BCUT2D eigenvalue weighted by atomic mass is 10.2. The smallest absolute Gasteiger partial charge is 0.326 e. The van der Waals surface area contributed by atoms with Crippen molar-refractivity contribution in [3.05, 3.63) is 0 Å². The lowest BCUT2D eigenvalue weighted by Crippen LogP contribution is -2.57. The molecular weight excluding hydrogens is 246 g/mol. The van der Waals surface area contributed by atoms with Gasteiger partial charge in [-0.15, -0.1) is 0 Å². The van der Waals surface area contributed by atoms with Gasteiger partial charge >= 0.3 is 12.0 Å². The van der Waals surface area contributed by atoms with Crippen molar-refractivity contribution in [2.75, 3.05) is 19.7 Å². The number of carbonyl (C=O) groups excluding carboxylic acids is 3. The van der Waals surface area contributed by atoms with Crippen LogP contribution >= 0.6 is 0 Å². The quantitative estimate of drug-likeness (QED) is 0.412. The Hall–Kier alpha value is -2.16. The van der Waals surface area contributed by atoms with Crippen molar-refractivity contribution in [3.8, 4) is 0 Å². The number of rotatable bonds is 4. The van der Waals surface area contributed by atoms with Gasteiger partial charge < -0.3 is 20.4 Å². The molecule has 100 valence electrons. The normalized spacial score (nSPS) is 17.1. The summed E-state index contributed by atoms with van der Waals surface area (Å²) in [7, 11) is 0. The van der Waals surface area contributed by atoms with Crippen molar-refractivity contribution < 1.29 is 29.4 Å². The number of imide groups is 1. The van der Waals surface area contributed by atoms with E-state index in [-0.39, 0.29) is 19.5 Å². The molecule has 0 aliphatic carbocycles. The Labute approximate surface area is 102 Å². The van der Waals surface area contributed by atoms with Crippen LogP contribution in [0.4, 0.5) is 4.79 Å². The Kier molecular flexibility index (Phi) is 4.60. The molecule has 9 nitrogen and oxygen atoms in total. The summed E-state index contributed by atoms with van der Waals surface area (Å²) >= 11 is 0. The zero-order valence-corrected chi connectivity index (χ0v) is 9.38. The number of nitrogens with one attached hydrogen (secondary N) is 2. The van der Waals surface area contributed by atoms with Gasteiger partial charge in [-0.25, -0.2) is 9.59 Å². The molecule has 1 saturated heterocycles. The number of carbonyl (C=O) groups is 4. The molecule has 4 amide bonds. The zero-order chi connectivity index (χ0) is 13.7. The molecule has 1 aliphatic rings. The Balaban J connectivity index is 2.60. The number of urea groups is 1. The fourth-order valence-corrected chi connectivity index (χ4v) is 1.41. The zero-order valence-electron chi connectivity index (χ0n) is 9.38. The van der Waals surface area contributed by atoms with E-state index in [1.54, 1.807) is 0 Å². The van der Waals surface area contributed by atoms with Gasteiger partial charge in [0.1, 0.15) is 19.1 Å². The van der Waals surface area contributed by atoms with Crippen molar-refractivity contribution in [3.63, 3.8) is 0 Å². The molecule has 0 spiro atoms. The van der Waals surface area contributed by atoms with E-state index in [1.807, 2.05) is 5.32 Å². The van der Waals surface area contributed by atoms with E-state index < -0.39 is 36.5 Å². The fourth-order valence-electron chi connectivity index (χ4n) is 1.41. The van der Waals surface area contributed by atoms with Crippen LogP contribution < -0.4 is 10.6 Å². The summed E-state index contributed by atoms with van der Waals surface area (Å²) in [6.45, 7) is -1.04. The molecule has 0 aromatic rings. The van der Waals surface area contributed by atoms with Crippen molar-refractivity contribution in [2.24, 2.45) is 0 Å². The summed E-state index contributed by atoms with van der Waals surface area (Å²) in [6.07, 6.45) is -0.158. The van der Waals surface area contributed by atoms with E-state index in [4.69, 9.17) is 10.2 Å². The molecule has 4 N–H and O–H groups in total. The summed E-state index contributed by atoms with van der Waals surface area (Å²) in [5, 5.41) is 21.5. The van der Waals surface area contributed by atoms with Gasteiger partial charge in [-0.3, -0.25) is 14.9 Å². The molecule has 0 unspecified atom stereocenters. The Bertz CT molecular complexity index is 366. The van der Waals surface area contributed by atoms with Crippen LogP contribution in [0.15, 0.2) is 0 Å². The number of carboxylic acid groups (broad SMARTS) is 1. The maximum atomic E-state index is 11.6. The van der Waals surface area contributed by atoms with E-state index >= 15 is 0 Å². The molecule has 0 radical (unpaired) electrons. The van der Waals surface area contributed by atoms with Crippen molar-refractivity contribution in [2.45, 2.75) is 12.5 Å². The third-order valence-electron chi connectivity index (χ3n) is 2.25. The van der Waals surface area contributed by atoms with Gasteiger partial charge in [0.05, 0.1) is 0 Å². The molecule has 0 saturated carbocycles. The molecule has 1 atom stereocenters. The van der Waals surface area contributed by atoms with Crippen molar-refractivity contribution in [1.82, 2.24) is 15.5 Å². The third-order valence-corrected chi connectivity index (χ3v) is 2.25. The van der Waals surface area contributed by atoms with E-state index in [9.17, 15) is 19.2 Å². The summed E-state index contributed by atoms with van der Waals surface area (Å²) < 4.78 is 0. The van der Waals surface area contributed by atoms with Gasteiger partial charge in [0, 0.05) is 13.0 Å². The maximum Gasteiger partial charge on any atom is 0.326 e. The number of aliphatic hydroxyl groups excluding tert-OH is 1. The first-order valence-electron chi connectivity index (χ1n) is 5.16. The summed E-state index contributed by atoms with van der Waals surface area (Å²) in [5.74, 6) is -2.56. The van der Waals surface area contributed by atoms with Crippen LogP contribution in [0, 0.1) is 0 Å². The number of carboxylic acids is 1. The molecule has 9 heteroatoms. The summed E-state index contributed by atoms with van der Waals surface area (Å²) in [4.78, 5) is 45.3. The minimum atomic E-state index is -1.30. The second-order valence-corrected chi connectivity index (χ2v) is 3.68. The number of amides is 4. The predicted molar refractivity (Wildman–Crippen MR) is 56.4 cm³/mol. The number of nitrogens with zero attached hydrogens (tertiary/aromatic N) is 1. The number of aliphatic hydroxyl groups is 1. The Morgan fingerprint density at radius 1 is 1.33 bits per heavy atom. The van der Waals surface area contributed by atoms with E-state index in [1.165, 1.54) is 0 Å². The van der Waals surface area contributed by atoms with Gasteiger partial charge in [-0.05, 0) is 0 Å². The molecule has 0 aromatic carbocycles. The number of aliphatic carboxylic acids is 1. The molecule has 1 fully saturated rings. The SMILES string of the molecule is O=C1CN(C(=O)N[C@H](CCO)C(=O)O)CC(=O)N1. The van der Waals surface area contributed by atoms with Crippen LogP contribution in [-0.4, -0.2) is 64.7 Å². The van der Waals surface area contributed by atoms with Crippen molar-refractivity contribution >= 4 is 23.8 Å². The molecule has 1 rings (SSSR count). The fraction of sp³-hybridized carbons (Fsp3) is 0.556. The van der Waals surface area contributed by atoms with Crippen LogP contribution in [0.3, 0.4) is 0 Å². The monoisotopic (exact) mass is 259 g/mol. The van der Waals surface area contributed by atoms with Crippen LogP contribution in [0.2, 0.25) is 0 Å². The van der Waals surface area contributed by atoms with E-state index in [2.05, 4.69) is 5.32 Å². The minimum absolute atomic E-state index is 0.158.